The number of hydrogen-bond donors (Lipinski definition) is 1. The maximum atomic E-state index is 12.9. The molecule has 0 bridgehead atoms. The molecule has 2 aromatic rings. The normalized spacial score (nSPS) is 17.6. The van der Waals surface area contributed by atoms with Gasteiger partial charge in [0, 0.05) is 0 Å². The Labute approximate surface area is 204 Å². The molecule has 2 aliphatic heterocycles. The third-order valence-electron chi connectivity index (χ3n) is 5.93. The van der Waals surface area contributed by atoms with Gasteiger partial charge in [-0.2, -0.15) is 0 Å². The fourth-order valence-corrected chi connectivity index (χ4v) is 4.57. The van der Waals surface area contributed by atoms with Crippen LogP contribution in [0, 0.1) is 0 Å². The monoisotopic (exact) mass is 478 g/mol. The third kappa shape index (κ3) is 5.04. The Morgan fingerprint density at radius 3 is 2.18 bits per heavy atom. The van der Waals surface area contributed by atoms with E-state index < -0.39 is 5.91 Å². The van der Waals surface area contributed by atoms with Crippen LogP contribution < -0.4 is 15.0 Å². The summed E-state index contributed by atoms with van der Waals surface area (Å²) in [6.07, 6.45) is 1.65. The second kappa shape index (κ2) is 8.62. The first-order valence-corrected chi connectivity index (χ1v) is 12.1. The zero-order valence-electron chi connectivity index (χ0n) is 20.4. The minimum Gasteiger partial charge on any atom is -0.482 e. The van der Waals surface area contributed by atoms with Crippen LogP contribution in [0.15, 0.2) is 41.3 Å². The van der Waals surface area contributed by atoms with Crippen LogP contribution in [0.5, 0.6) is 5.75 Å². The van der Waals surface area contributed by atoms with Crippen molar-refractivity contribution >= 4 is 40.6 Å². The minimum atomic E-state index is -0.411. The van der Waals surface area contributed by atoms with Gasteiger partial charge in [0.15, 0.2) is 6.61 Å². The van der Waals surface area contributed by atoms with E-state index in [1.54, 1.807) is 17.0 Å². The lowest BCUT2D eigenvalue weighted by molar-refractivity contribution is -0.121. The molecular weight excluding hydrogens is 448 g/mol. The second-order valence-corrected chi connectivity index (χ2v) is 11.8. The lowest BCUT2D eigenvalue weighted by Gasteiger charge is -2.31. The van der Waals surface area contributed by atoms with Crippen molar-refractivity contribution in [2.75, 3.05) is 11.5 Å². The number of nitrogens with one attached hydrogen (secondary N) is 1. The summed E-state index contributed by atoms with van der Waals surface area (Å²) in [6.45, 7) is 13.5. The van der Waals surface area contributed by atoms with Crippen molar-refractivity contribution in [3.63, 3.8) is 0 Å². The number of amides is 3. The van der Waals surface area contributed by atoms with Gasteiger partial charge in [0.05, 0.1) is 17.1 Å². The molecule has 4 rings (SSSR count). The number of nitrogens with zero attached hydrogens (tertiary/aromatic N) is 1. The lowest BCUT2D eigenvalue weighted by atomic mass is 9.79. The van der Waals surface area contributed by atoms with Gasteiger partial charge in [0.2, 0.25) is 0 Å². The van der Waals surface area contributed by atoms with Crippen molar-refractivity contribution < 1.29 is 19.1 Å². The molecule has 34 heavy (non-hydrogen) atoms. The van der Waals surface area contributed by atoms with Gasteiger partial charge in [-0.25, -0.2) is 0 Å². The Morgan fingerprint density at radius 1 is 0.971 bits per heavy atom. The van der Waals surface area contributed by atoms with Gasteiger partial charge in [-0.15, -0.1) is 0 Å². The Balaban J connectivity index is 1.73. The Morgan fingerprint density at radius 2 is 1.62 bits per heavy atom. The summed E-state index contributed by atoms with van der Waals surface area (Å²) < 4.78 is 5.67. The highest BCUT2D eigenvalue weighted by atomic mass is 32.2. The molecule has 2 aromatic carbocycles. The van der Waals surface area contributed by atoms with E-state index in [9.17, 15) is 14.4 Å². The fourth-order valence-electron chi connectivity index (χ4n) is 3.89. The van der Waals surface area contributed by atoms with E-state index in [4.69, 9.17) is 4.74 Å². The smallest absolute Gasteiger partial charge is 0.290 e. The van der Waals surface area contributed by atoms with Crippen molar-refractivity contribution in [3.05, 3.63) is 63.6 Å². The molecule has 0 aromatic heterocycles. The van der Waals surface area contributed by atoms with E-state index in [1.807, 2.05) is 12.1 Å². The third-order valence-corrected chi connectivity index (χ3v) is 6.74. The number of carbonyl (C=O) groups excluding carboxylic acids is 3. The topological polar surface area (TPSA) is 75.7 Å². The summed E-state index contributed by atoms with van der Waals surface area (Å²) in [4.78, 5) is 38.5. The quantitative estimate of drug-likeness (QED) is 0.587. The molecular formula is C27H30N2O4S. The largest absolute Gasteiger partial charge is 0.482 e. The van der Waals surface area contributed by atoms with Crippen LogP contribution in [0.3, 0.4) is 0 Å². The van der Waals surface area contributed by atoms with Crippen molar-refractivity contribution in [3.8, 4) is 5.75 Å². The average molecular weight is 479 g/mol. The summed E-state index contributed by atoms with van der Waals surface area (Å²) in [5.74, 6) is 0.0777. The number of imide groups is 1. The van der Waals surface area contributed by atoms with Gasteiger partial charge in [-0.3, -0.25) is 19.7 Å². The van der Waals surface area contributed by atoms with Crippen LogP contribution in [0.2, 0.25) is 0 Å². The van der Waals surface area contributed by atoms with E-state index >= 15 is 0 Å². The highest BCUT2D eigenvalue weighted by Crippen LogP contribution is 2.37. The summed E-state index contributed by atoms with van der Waals surface area (Å²) in [5.41, 5.74) is 4.82. The Hall–Kier alpha value is -3.06. The van der Waals surface area contributed by atoms with Gasteiger partial charge >= 0.3 is 0 Å². The SMILES string of the molecule is CC(C)(C)c1cc(CN2C(=O)COc3ccc(C=C4SC(=O)NC4=O)cc32)cc(C(C)(C)C)c1. The first kappa shape index (κ1) is 24.1. The van der Waals surface area contributed by atoms with Gasteiger partial charge in [0.25, 0.3) is 17.1 Å². The number of fused-ring (bicyclic) bond motifs is 1. The van der Waals surface area contributed by atoms with Crippen molar-refractivity contribution in [1.29, 1.82) is 0 Å². The number of rotatable bonds is 3. The predicted molar refractivity (Wildman–Crippen MR) is 136 cm³/mol. The van der Waals surface area contributed by atoms with Crippen LogP contribution in [0.25, 0.3) is 6.08 Å². The molecule has 2 aliphatic rings. The van der Waals surface area contributed by atoms with Crippen LogP contribution >= 0.6 is 11.8 Å². The number of benzene rings is 2. The van der Waals surface area contributed by atoms with Crippen LogP contribution in [0.1, 0.15) is 63.8 Å². The molecule has 0 radical (unpaired) electrons. The standard InChI is InChI=1S/C27H30N2O4S/c1-26(2,3)18-9-17(10-19(13-18)27(4,5)6)14-29-20-11-16(7-8-21(20)33-15-23(29)30)12-22-24(31)28-25(32)34-22/h7-13H,14-15H2,1-6H3,(H,28,31,32). The van der Waals surface area contributed by atoms with Crippen molar-refractivity contribution in [2.45, 2.75) is 58.9 Å². The molecule has 6 nitrogen and oxygen atoms in total. The molecule has 0 saturated carbocycles. The summed E-state index contributed by atoms with van der Waals surface area (Å²) in [7, 11) is 0. The van der Waals surface area contributed by atoms with E-state index in [1.165, 1.54) is 11.1 Å². The predicted octanol–water partition coefficient (Wildman–Crippen LogP) is 5.53. The molecule has 1 fully saturated rings. The molecule has 178 valence electrons. The number of carbonyl (C=O) groups is 3. The number of ether oxygens (including phenoxy) is 1. The molecule has 0 unspecified atom stereocenters. The van der Waals surface area contributed by atoms with Crippen LogP contribution in [-0.4, -0.2) is 23.7 Å². The van der Waals surface area contributed by atoms with Crippen molar-refractivity contribution in [1.82, 2.24) is 5.32 Å². The molecule has 7 heteroatoms. The number of anilines is 1. The Bertz CT molecular complexity index is 1190. The summed E-state index contributed by atoms with van der Waals surface area (Å²) >= 11 is 0.867. The molecule has 2 heterocycles. The van der Waals surface area contributed by atoms with Crippen molar-refractivity contribution in [2.24, 2.45) is 0 Å². The van der Waals surface area contributed by atoms with Gasteiger partial charge in [-0.05, 0) is 63.1 Å². The van der Waals surface area contributed by atoms with Gasteiger partial charge in [0.1, 0.15) is 5.75 Å². The minimum absolute atomic E-state index is 0.0225. The maximum absolute atomic E-state index is 12.9. The second-order valence-electron chi connectivity index (χ2n) is 10.8. The first-order chi connectivity index (χ1) is 15.8. The zero-order chi connectivity index (χ0) is 24.8. The lowest BCUT2D eigenvalue weighted by Crippen LogP contribution is -2.38. The van der Waals surface area contributed by atoms with Crippen LogP contribution in [0.4, 0.5) is 10.5 Å². The van der Waals surface area contributed by atoms with E-state index in [0.29, 0.717) is 28.5 Å². The maximum Gasteiger partial charge on any atom is 0.290 e. The summed E-state index contributed by atoms with van der Waals surface area (Å²) in [6, 6.07) is 12.0. The highest BCUT2D eigenvalue weighted by molar-refractivity contribution is 8.18. The zero-order valence-corrected chi connectivity index (χ0v) is 21.3. The molecule has 1 saturated heterocycles. The molecule has 0 atom stereocenters. The molecule has 0 aliphatic carbocycles. The Kier molecular flexibility index (Phi) is 6.10. The van der Waals surface area contributed by atoms with E-state index in [0.717, 1.165) is 17.3 Å². The van der Waals surface area contributed by atoms with E-state index in [-0.39, 0.29) is 28.6 Å². The van der Waals surface area contributed by atoms with Gasteiger partial charge in [-0.1, -0.05) is 65.8 Å². The fraction of sp³-hybridized carbons (Fsp3) is 0.370. The molecule has 1 N–H and O–H groups in total. The highest BCUT2D eigenvalue weighted by Gasteiger charge is 2.29. The van der Waals surface area contributed by atoms with Gasteiger partial charge < -0.3 is 9.64 Å². The number of hydrogen-bond acceptors (Lipinski definition) is 5. The van der Waals surface area contributed by atoms with Crippen LogP contribution in [-0.2, 0) is 27.0 Å². The molecule has 0 spiro atoms. The van der Waals surface area contributed by atoms with E-state index in [2.05, 4.69) is 65.1 Å². The molecule has 3 amide bonds. The average Bonchev–Trinajstić information content (AvgIpc) is 3.05. The first-order valence-electron chi connectivity index (χ1n) is 11.3. The number of thioether (sulfide) groups is 1. The summed E-state index contributed by atoms with van der Waals surface area (Å²) in [5, 5.41) is 1.87.